The lowest BCUT2D eigenvalue weighted by Gasteiger charge is -2.32. The van der Waals surface area contributed by atoms with Crippen molar-refractivity contribution in [2.75, 3.05) is 20.1 Å². The summed E-state index contributed by atoms with van der Waals surface area (Å²) < 4.78 is 0. The van der Waals surface area contributed by atoms with Gasteiger partial charge in [-0.05, 0) is 49.1 Å². The molecule has 25 heavy (non-hydrogen) atoms. The molecule has 1 saturated heterocycles. The zero-order valence-corrected chi connectivity index (χ0v) is 15.3. The number of fused-ring (bicyclic) bond motifs is 1. The Labute approximate surface area is 151 Å². The number of likely N-dealkylation sites (tertiary alicyclic amines) is 1. The number of hydrogen-bond donors (Lipinski definition) is 1. The molecular formula is C19H23N3O2S. The van der Waals surface area contributed by atoms with Gasteiger partial charge < -0.3 is 10.2 Å². The van der Waals surface area contributed by atoms with Crippen molar-refractivity contribution in [3.05, 3.63) is 28.8 Å². The molecule has 5 nitrogen and oxygen atoms in total. The predicted octanol–water partition coefficient (Wildman–Crippen LogP) is 3.16. The highest BCUT2D eigenvalue weighted by Crippen LogP contribution is 2.40. The van der Waals surface area contributed by atoms with Gasteiger partial charge in [-0.2, -0.15) is 0 Å². The van der Waals surface area contributed by atoms with Gasteiger partial charge in [0.2, 0.25) is 5.91 Å². The number of nitrogens with zero attached hydrogens (tertiary/aromatic N) is 2. The van der Waals surface area contributed by atoms with Crippen LogP contribution in [0.25, 0.3) is 10.2 Å². The fourth-order valence-corrected chi connectivity index (χ4v) is 4.93. The quantitative estimate of drug-likeness (QED) is 0.914. The summed E-state index contributed by atoms with van der Waals surface area (Å²) in [6, 6.07) is 3.99. The minimum Gasteiger partial charge on any atom is -0.354 e. The van der Waals surface area contributed by atoms with Crippen molar-refractivity contribution in [3.63, 3.8) is 0 Å². The molecule has 0 bridgehead atoms. The molecule has 2 aromatic rings. The summed E-state index contributed by atoms with van der Waals surface area (Å²) in [5.74, 6) is 1.22. The van der Waals surface area contributed by atoms with Gasteiger partial charge in [-0.15, -0.1) is 11.3 Å². The van der Waals surface area contributed by atoms with E-state index < -0.39 is 0 Å². The zero-order chi connectivity index (χ0) is 17.4. The van der Waals surface area contributed by atoms with E-state index in [0.29, 0.717) is 17.7 Å². The van der Waals surface area contributed by atoms with Crippen LogP contribution in [0.4, 0.5) is 0 Å². The molecule has 2 amide bonds. The van der Waals surface area contributed by atoms with E-state index in [1.807, 2.05) is 11.0 Å². The third-order valence-electron chi connectivity index (χ3n) is 5.35. The van der Waals surface area contributed by atoms with E-state index in [-0.39, 0.29) is 5.91 Å². The first-order valence-electron chi connectivity index (χ1n) is 9.04. The summed E-state index contributed by atoms with van der Waals surface area (Å²) in [4.78, 5) is 32.8. The molecule has 2 aromatic heterocycles. The highest BCUT2D eigenvalue weighted by molar-refractivity contribution is 7.20. The van der Waals surface area contributed by atoms with Crippen LogP contribution in [-0.4, -0.2) is 41.8 Å². The third kappa shape index (κ3) is 3.27. The smallest absolute Gasteiger partial charge is 0.261 e. The number of aromatic nitrogens is 1. The van der Waals surface area contributed by atoms with Gasteiger partial charge in [0.1, 0.15) is 4.83 Å². The van der Waals surface area contributed by atoms with Crippen LogP contribution in [-0.2, 0) is 4.79 Å². The second-order valence-electron chi connectivity index (χ2n) is 7.08. The fraction of sp³-hybridized carbons (Fsp3) is 0.526. The fourth-order valence-electron chi connectivity index (χ4n) is 3.75. The second kappa shape index (κ2) is 6.75. The van der Waals surface area contributed by atoms with E-state index in [4.69, 9.17) is 0 Å². The van der Waals surface area contributed by atoms with Gasteiger partial charge in [-0.25, -0.2) is 4.98 Å². The Kier molecular flexibility index (Phi) is 4.46. The first kappa shape index (κ1) is 16.5. The number of nitrogens with one attached hydrogen (secondary N) is 1. The van der Waals surface area contributed by atoms with Crippen molar-refractivity contribution in [2.45, 2.75) is 38.0 Å². The Balaban J connectivity index is 1.55. The molecule has 1 aliphatic carbocycles. The molecule has 0 unspecified atom stereocenters. The maximum absolute atomic E-state index is 12.4. The third-order valence-corrected chi connectivity index (χ3v) is 6.48. The number of piperidine rings is 1. The molecule has 2 fully saturated rings. The predicted molar refractivity (Wildman–Crippen MR) is 98.9 cm³/mol. The van der Waals surface area contributed by atoms with Gasteiger partial charge in [0, 0.05) is 38.1 Å². The molecule has 0 atom stereocenters. The Bertz CT molecular complexity index is 804. The van der Waals surface area contributed by atoms with Crippen LogP contribution in [0.15, 0.2) is 18.3 Å². The highest BCUT2D eigenvalue weighted by atomic mass is 32.1. The molecule has 132 valence electrons. The topological polar surface area (TPSA) is 62.3 Å². The maximum atomic E-state index is 12.4. The second-order valence-corrected chi connectivity index (χ2v) is 8.08. The van der Waals surface area contributed by atoms with Crippen LogP contribution >= 0.6 is 11.3 Å². The SMILES string of the molecule is CNC(=O)c1sc2ncccc2c1C1CCN(C(=O)CC2CC2)CC1. The minimum atomic E-state index is -0.0368. The van der Waals surface area contributed by atoms with E-state index in [1.54, 1.807) is 13.2 Å². The van der Waals surface area contributed by atoms with Gasteiger partial charge in [0.05, 0.1) is 4.88 Å². The Morgan fingerprint density at radius 3 is 2.72 bits per heavy atom. The molecule has 1 aliphatic heterocycles. The van der Waals surface area contributed by atoms with E-state index in [0.717, 1.165) is 53.0 Å². The van der Waals surface area contributed by atoms with Gasteiger partial charge >= 0.3 is 0 Å². The first-order chi connectivity index (χ1) is 12.2. The lowest BCUT2D eigenvalue weighted by Crippen LogP contribution is -2.38. The van der Waals surface area contributed by atoms with Gasteiger partial charge in [-0.3, -0.25) is 9.59 Å². The Hall–Kier alpha value is -1.95. The molecule has 0 radical (unpaired) electrons. The van der Waals surface area contributed by atoms with Crippen molar-refractivity contribution in [2.24, 2.45) is 5.92 Å². The molecule has 6 heteroatoms. The monoisotopic (exact) mass is 357 g/mol. The molecule has 4 rings (SSSR count). The molecular weight excluding hydrogens is 334 g/mol. The molecule has 2 aliphatic rings. The van der Waals surface area contributed by atoms with E-state index >= 15 is 0 Å². The van der Waals surface area contributed by atoms with E-state index in [1.165, 1.54) is 24.2 Å². The number of carbonyl (C=O) groups is 2. The minimum absolute atomic E-state index is 0.0368. The summed E-state index contributed by atoms with van der Waals surface area (Å²) in [5.41, 5.74) is 1.13. The van der Waals surface area contributed by atoms with Crippen LogP contribution in [0.1, 0.15) is 53.3 Å². The Morgan fingerprint density at radius 1 is 1.28 bits per heavy atom. The number of hydrogen-bond acceptors (Lipinski definition) is 4. The van der Waals surface area contributed by atoms with Crippen molar-refractivity contribution in [3.8, 4) is 0 Å². The van der Waals surface area contributed by atoms with Gasteiger partial charge in [0.25, 0.3) is 5.91 Å². The van der Waals surface area contributed by atoms with Crippen molar-refractivity contribution < 1.29 is 9.59 Å². The van der Waals surface area contributed by atoms with Crippen molar-refractivity contribution in [1.82, 2.24) is 15.2 Å². The van der Waals surface area contributed by atoms with Crippen molar-refractivity contribution >= 4 is 33.4 Å². The van der Waals surface area contributed by atoms with Crippen LogP contribution in [0.5, 0.6) is 0 Å². The van der Waals surface area contributed by atoms with Crippen LogP contribution in [0.3, 0.4) is 0 Å². The average Bonchev–Trinajstić information content (AvgIpc) is 3.37. The summed E-state index contributed by atoms with van der Waals surface area (Å²) in [6.07, 6.45) is 6.76. The molecule has 0 aromatic carbocycles. The lowest BCUT2D eigenvalue weighted by molar-refractivity contribution is -0.132. The normalized spacial score (nSPS) is 18.5. The average molecular weight is 357 g/mol. The highest BCUT2D eigenvalue weighted by Gasteiger charge is 2.32. The zero-order valence-electron chi connectivity index (χ0n) is 14.5. The van der Waals surface area contributed by atoms with Crippen LogP contribution in [0.2, 0.25) is 0 Å². The number of rotatable bonds is 4. The lowest BCUT2D eigenvalue weighted by atomic mass is 9.87. The number of pyridine rings is 1. The van der Waals surface area contributed by atoms with E-state index in [9.17, 15) is 9.59 Å². The molecule has 1 N–H and O–H groups in total. The molecule has 1 saturated carbocycles. The summed E-state index contributed by atoms with van der Waals surface area (Å²) >= 11 is 1.47. The maximum Gasteiger partial charge on any atom is 0.261 e. The van der Waals surface area contributed by atoms with E-state index in [2.05, 4.69) is 16.4 Å². The largest absolute Gasteiger partial charge is 0.354 e. The summed E-state index contributed by atoms with van der Waals surface area (Å²) in [5, 5.41) is 3.85. The number of amides is 2. The van der Waals surface area contributed by atoms with Crippen LogP contribution < -0.4 is 5.32 Å². The van der Waals surface area contributed by atoms with Gasteiger partial charge in [-0.1, -0.05) is 6.07 Å². The van der Waals surface area contributed by atoms with Crippen LogP contribution in [0, 0.1) is 5.92 Å². The number of carbonyl (C=O) groups excluding carboxylic acids is 2. The Morgan fingerprint density at radius 2 is 2.04 bits per heavy atom. The summed E-state index contributed by atoms with van der Waals surface area (Å²) in [6.45, 7) is 1.59. The summed E-state index contributed by atoms with van der Waals surface area (Å²) in [7, 11) is 1.67. The van der Waals surface area contributed by atoms with Gasteiger partial charge in [0.15, 0.2) is 0 Å². The molecule has 3 heterocycles. The number of thiophene rings is 1. The van der Waals surface area contributed by atoms with Crippen molar-refractivity contribution in [1.29, 1.82) is 0 Å². The molecule has 0 spiro atoms. The first-order valence-corrected chi connectivity index (χ1v) is 9.86. The standard InChI is InChI=1S/C19H23N3O2S/c1-20-18(24)17-16(14-3-2-8-21-19(14)25-17)13-6-9-22(10-7-13)15(23)11-12-4-5-12/h2-3,8,12-13H,4-7,9-11H2,1H3,(H,20,24).